The zero-order valence-corrected chi connectivity index (χ0v) is 8.02. The summed E-state index contributed by atoms with van der Waals surface area (Å²) < 4.78 is 35.2. The Kier molecular flexibility index (Phi) is 4.60. The molecular weight excluding hydrogens is 239 g/mol. The van der Waals surface area contributed by atoms with Crippen LogP contribution in [0.25, 0.3) is 0 Å². The SMILES string of the molecule is C=C(Cl)CC(NC(=O)C(F)(F)F)C(=O)O. The van der Waals surface area contributed by atoms with Gasteiger partial charge in [0.2, 0.25) is 0 Å². The number of nitrogens with one attached hydrogen (secondary N) is 1. The Bertz CT molecular complexity index is 290. The van der Waals surface area contributed by atoms with Gasteiger partial charge in [0, 0.05) is 11.5 Å². The molecule has 1 atom stereocenters. The summed E-state index contributed by atoms with van der Waals surface area (Å²) in [5.41, 5.74) is 0. The smallest absolute Gasteiger partial charge is 0.471 e. The lowest BCUT2D eigenvalue weighted by Gasteiger charge is -2.14. The van der Waals surface area contributed by atoms with Gasteiger partial charge >= 0.3 is 18.1 Å². The Labute approximate surface area is 87.7 Å². The Hall–Kier alpha value is -1.24. The molecule has 0 aromatic carbocycles. The summed E-state index contributed by atoms with van der Waals surface area (Å²) in [6, 6.07) is -1.73. The summed E-state index contributed by atoms with van der Waals surface area (Å²) in [4.78, 5) is 20.8. The lowest BCUT2D eigenvalue weighted by molar-refractivity contribution is -0.175. The van der Waals surface area contributed by atoms with Crippen LogP contribution in [-0.4, -0.2) is 29.2 Å². The van der Waals surface area contributed by atoms with Gasteiger partial charge in [-0.25, -0.2) is 4.79 Å². The predicted octanol–water partition coefficient (Wildman–Crippen LogP) is 1.26. The molecule has 2 N–H and O–H groups in total. The molecule has 0 fully saturated rings. The number of hydrogen-bond acceptors (Lipinski definition) is 2. The molecule has 86 valence electrons. The van der Waals surface area contributed by atoms with Crippen LogP contribution in [0.4, 0.5) is 13.2 Å². The fraction of sp³-hybridized carbons (Fsp3) is 0.429. The molecule has 0 heterocycles. The molecule has 0 aromatic heterocycles. The lowest BCUT2D eigenvalue weighted by Crippen LogP contribution is -2.46. The van der Waals surface area contributed by atoms with E-state index < -0.39 is 30.5 Å². The minimum absolute atomic E-state index is 0.162. The van der Waals surface area contributed by atoms with Crippen LogP contribution >= 0.6 is 11.6 Å². The fourth-order valence-corrected chi connectivity index (χ4v) is 0.816. The molecule has 0 saturated heterocycles. The van der Waals surface area contributed by atoms with Gasteiger partial charge in [0.15, 0.2) is 0 Å². The maximum Gasteiger partial charge on any atom is 0.471 e. The number of amides is 1. The molecule has 15 heavy (non-hydrogen) atoms. The molecule has 8 heteroatoms. The van der Waals surface area contributed by atoms with Crippen molar-refractivity contribution >= 4 is 23.5 Å². The molecule has 0 aliphatic rings. The number of alkyl halides is 3. The fourth-order valence-electron chi connectivity index (χ4n) is 0.662. The summed E-state index contributed by atoms with van der Waals surface area (Å²) in [5.74, 6) is -3.94. The Morgan fingerprint density at radius 2 is 1.93 bits per heavy atom. The highest BCUT2D eigenvalue weighted by molar-refractivity contribution is 6.29. The van der Waals surface area contributed by atoms with Crippen LogP contribution in [0.1, 0.15) is 6.42 Å². The minimum atomic E-state index is -5.12. The quantitative estimate of drug-likeness (QED) is 0.784. The number of halogens is 4. The van der Waals surface area contributed by atoms with E-state index in [9.17, 15) is 22.8 Å². The minimum Gasteiger partial charge on any atom is -0.480 e. The van der Waals surface area contributed by atoms with Crippen molar-refractivity contribution in [3.63, 3.8) is 0 Å². The van der Waals surface area contributed by atoms with Gasteiger partial charge < -0.3 is 10.4 Å². The van der Waals surface area contributed by atoms with Crippen LogP contribution in [0.5, 0.6) is 0 Å². The van der Waals surface area contributed by atoms with E-state index in [4.69, 9.17) is 16.7 Å². The van der Waals surface area contributed by atoms with Crippen LogP contribution in [0, 0.1) is 0 Å². The summed E-state index contributed by atoms with van der Waals surface area (Å²) in [7, 11) is 0. The third-order valence-electron chi connectivity index (χ3n) is 1.29. The molecule has 1 amide bonds. The average Bonchev–Trinajstić information content (AvgIpc) is 1.99. The van der Waals surface area contributed by atoms with Crippen molar-refractivity contribution in [3.05, 3.63) is 11.6 Å². The third kappa shape index (κ3) is 5.26. The second-order valence-electron chi connectivity index (χ2n) is 2.58. The monoisotopic (exact) mass is 245 g/mol. The van der Waals surface area contributed by atoms with Crippen molar-refractivity contribution in [1.82, 2.24) is 5.32 Å². The molecule has 0 aliphatic heterocycles. The first-order valence-electron chi connectivity index (χ1n) is 3.58. The summed E-state index contributed by atoms with van der Waals surface area (Å²) in [6.07, 6.45) is -5.60. The Morgan fingerprint density at radius 3 is 2.20 bits per heavy atom. The van der Waals surface area contributed by atoms with E-state index in [-0.39, 0.29) is 5.03 Å². The number of carboxylic acid groups (broad SMARTS) is 1. The molecule has 4 nitrogen and oxygen atoms in total. The van der Waals surface area contributed by atoms with E-state index >= 15 is 0 Å². The van der Waals surface area contributed by atoms with Gasteiger partial charge in [0.05, 0.1) is 0 Å². The van der Waals surface area contributed by atoms with Gasteiger partial charge in [-0.3, -0.25) is 4.79 Å². The maximum atomic E-state index is 11.7. The molecule has 0 spiro atoms. The van der Waals surface area contributed by atoms with Crippen molar-refractivity contribution in [2.45, 2.75) is 18.6 Å². The summed E-state index contributed by atoms with van der Waals surface area (Å²) >= 11 is 5.22. The molecule has 0 aromatic rings. The number of carbonyl (C=O) groups excluding carboxylic acids is 1. The molecule has 0 aliphatic carbocycles. The molecule has 0 radical (unpaired) electrons. The zero-order valence-electron chi connectivity index (χ0n) is 7.27. The van der Waals surface area contributed by atoms with E-state index in [1.165, 1.54) is 5.32 Å². The highest BCUT2D eigenvalue weighted by Crippen LogP contribution is 2.16. The van der Waals surface area contributed by atoms with Gasteiger partial charge in [-0.05, 0) is 0 Å². The number of rotatable bonds is 4. The summed E-state index contributed by atoms with van der Waals surface area (Å²) in [6.45, 7) is 3.12. The van der Waals surface area contributed by atoms with E-state index in [1.54, 1.807) is 0 Å². The standard InChI is InChI=1S/C7H7ClF3NO3/c1-3(8)2-4(5(13)14)12-6(15)7(9,10)11/h4H,1-2H2,(H,12,15)(H,13,14). The third-order valence-corrected chi connectivity index (χ3v) is 1.44. The van der Waals surface area contributed by atoms with Gasteiger partial charge in [0.25, 0.3) is 0 Å². The highest BCUT2D eigenvalue weighted by Gasteiger charge is 2.40. The molecule has 0 rings (SSSR count). The molecule has 0 bridgehead atoms. The van der Waals surface area contributed by atoms with E-state index in [1.807, 2.05) is 0 Å². The normalized spacial score (nSPS) is 13.1. The molecule has 1 unspecified atom stereocenters. The molecular formula is C7H7ClF3NO3. The predicted molar refractivity (Wildman–Crippen MR) is 45.2 cm³/mol. The van der Waals surface area contributed by atoms with E-state index in [0.29, 0.717) is 0 Å². The Balaban J connectivity index is 4.50. The topological polar surface area (TPSA) is 66.4 Å². The van der Waals surface area contributed by atoms with Crippen molar-refractivity contribution in [1.29, 1.82) is 0 Å². The highest BCUT2D eigenvalue weighted by atomic mass is 35.5. The first kappa shape index (κ1) is 13.8. The van der Waals surface area contributed by atoms with Crippen molar-refractivity contribution in [2.24, 2.45) is 0 Å². The average molecular weight is 246 g/mol. The van der Waals surface area contributed by atoms with Gasteiger partial charge in [-0.2, -0.15) is 13.2 Å². The first-order valence-corrected chi connectivity index (χ1v) is 3.96. The first-order chi connectivity index (χ1) is 6.64. The maximum absolute atomic E-state index is 11.7. The van der Waals surface area contributed by atoms with Crippen LogP contribution in [0.2, 0.25) is 0 Å². The number of aliphatic carboxylic acids is 1. The lowest BCUT2D eigenvalue weighted by atomic mass is 10.2. The van der Waals surface area contributed by atoms with Crippen molar-refractivity contribution in [2.75, 3.05) is 0 Å². The second kappa shape index (κ2) is 5.01. The summed E-state index contributed by atoms with van der Waals surface area (Å²) in [5, 5.41) is 9.57. The largest absolute Gasteiger partial charge is 0.480 e. The van der Waals surface area contributed by atoms with Gasteiger partial charge in [0.1, 0.15) is 6.04 Å². The van der Waals surface area contributed by atoms with E-state index in [0.717, 1.165) is 0 Å². The van der Waals surface area contributed by atoms with Crippen LogP contribution in [0.3, 0.4) is 0 Å². The van der Waals surface area contributed by atoms with Crippen LogP contribution in [-0.2, 0) is 9.59 Å². The number of carboxylic acids is 1. The van der Waals surface area contributed by atoms with Crippen molar-refractivity contribution < 1.29 is 27.9 Å². The Morgan fingerprint density at radius 1 is 1.47 bits per heavy atom. The van der Waals surface area contributed by atoms with Crippen molar-refractivity contribution in [3.8, 4) is 0 Å². The van der Waals surface area contributed by atoms with E-state index in [2.05, 4.69) is 6.58 Å². The molecule has 0 saturated carbocycles. The zero-order chi connectivity index (χ0) is 12.2. The number of carbonyl (C=O) groups is 2. The number of hydrogen-bond donors (Lipinski definition) is 2. The second-order valence-corrected chi connectivity index (χ2v) is 3.12. The van der Waals surface area contributed by atoms with Crippen LogP contribution < -0.4 is 5.32 Å². The van der Waals surface area contributed by atoms with Gasteiger partial charge in [-0.1, -0.05) is 18.2 Å². The van der Waals surface area contributed by atoms with Gasteiger partial charge in [-0.15, -0.1) is 0 Å². The van der Waals surface area contributed by atoms with Crippen LogP contribution in [0.15, 0.2) is 11.6 Å².